The van der Waals surface area contributed by atoms with Crippen LogP contribution in [0, 0.1) is 28.6 Å². The van der Waals surface area contributed by atoms with Crippen molar-refractivity contribution in [3.8, 4) is 0 Å². The largest absolute Gasteiger partial charge is 0.471 e. The van der Waals surface area contributed by atoms with E-state index < -0.39 is 18.1 Å². The number of carbonyl (C=O) groups excluding carboxylic acids is 1. The van der Waals surface area contributed by atoms with Gasteiger partial charge in [-0.05, 0) is 80.0 Å². The average molecular weight is 387 g/mol. The number of hydrogen-bond acceptors (Lipinski definition) is 2. The summed E-state index contributed by atoms with van der Waals surface area (Å²) in [5, 5.41) is 12.1. The Morgan fingerprint density at radius 3 is 2.52 bits per heavy atom. The predicted octanol–water partition coefficient (Wildman–Crippen LogP) is 4.60. The van der Waals surface area contributed by atoms with Gasteiger partial charge in [0.2, 0.25) is 0 Å². The van der Waals surface area contributed by atoms with Crippen LogP contribution in [0.3, 0.4) is 0 Å². The first kappa shape index (κ1) is 20.7. The molecule has 0 heterocycles. The van der Waals surface area contributed by atoms with Crippen molar-refractivity contribution in [1.82, 2.24) is 5.32 Å². The molecule has 154 valence electrons. The predicted molar refractivity (Wildman–Crippen MR) is 97.8 cm³/mol. The summed E-state index contributed by atoms with van der Waals surface area (Å²) in [4.78, 5) is 11.3. The van der Waals surface area contributed by atoms with Gasteiger partial charge in [0, 0.05) is 12.6 Å². The van der Waals surface area contributed by atoms with Gasteiger partial charge in [0.05, 0.1) is 0 Å². The molecule has 3 nitrogen and oxygen atoms in total. The second kappa shape index (κ2) is 7.09. The first-order valence-electron chi connectivity index (χ1n) is 10.2. The summed E-state index contributed by atoms with van der Waals surface area (Å²) in [7, 11) is 0. The Morgan fingerprint density at radius 2 is 1.89 bits per heavy atom. The monoisotopic (exact) mass is 387 g/mol. The number of fused-ring (bicyclic) bond motifs is 1. The Hall–Kier alpha value is -1.04. The molecule has 0 radical (unpaired) electrons. The van der Waals surface area contributed by atoms with Gasteiger partial charge in [-0.25, -0.2) is 0 Å². The minimum Gasteiger partial charge on any atom is -0.396 e. The van der Waals surface area contributed by atoms with Gasteiger partial charge in [-0.1, -0.05) is 26.0 Å². The van der Waals surface area contributed by atoms with Gasteiger partial charge in [-0.3, -0.25) is 4.79 Å². The Kier molecular flexibility index (Phi) is 5.43. The third-order valence-electron chi connectivity index (χ3n) is 8.36. The summed E-state index contributed by atoms with van der Waals surface area (Å²) in [6, 6.07) is -0.510. The van der Waals surface area contributed by atoms with Crippen LogP contribution in [0.15, 0.2) is 12.2 Å². The van der Waals surface area contributed by atoms with Crippen LogP contribution in [-0.4, -0.2) is 29.8 Å². The maximum Gasteiger partial charge on any atom is 0.471 e. The molecule has 2 N–H and O–H groups in total. The molecule has 27 heavy (non-hydrogen) atoms. The summed E-state index contributed by atoms with van der Waals surface area (Å²) in [5.74, 6) is -0.852. The number of nitrogens with one attached hydrogen (secondary N) is 1. The van der Waals surface area contributed by atoms with E-state index in [1.807, 2.05) is 0 Å². The third kappa shape index (κ3) is 3.66. The number of halogens is 3. The topological polar surface area (TPSA) is 49.3 Å². The molecule has 6 unspecified atom stereocenters. The van der Waals surface area contributed by atoms with Crippen LogP contribution in [0.5, 0.6) is 0 Å². The highest BCUT2D eigenvalue weighted by Crippen LogP contribution is 2.61. The summed E-state index contributed by atoms with van der Waals surface area (Å²) in [6.07, 6.45) is 2.43. The van der Waals surface area contributed by atoms with E-state index >= 15 is 0 Å². The molecule has 0 bridgehead atoms. The van der Waals surface area contributed by atoms with Gasteiger partial charge in [-0.2, -0.15) is 13.2 Å². The minimum atomic E-state index is -4.85. The van der Waals surface area contributed by atoms with Crippen LogP contribution in [0.4, 0.5) is 13.2 Å². The molecule has 6 atom stereocenters. The fraction of sp³-hybridized carbons (Fsp3) is 0.857. The van der Waals surface area contributed by atoms with E-state index in [-0.39, 0.29) is 23.4 Å². The van der Waals surface area contributed by atoms with E-state index in [1.54, 1.807) is 0 Å². The molecule has 6 heteroatoms. The van der Waals surface area contributed by atoms with E-state index in [1.165, 1.54) is 12.0 Å². The van der Waals surface area contributed by atoms with Gasteiger partial charge in [0.15, 0.2) is 0 Å². The number of aliphatic hydroxyl groups excluding tert-OH is 1. The highest BCUT2D eigenvalue weighted by molar-refractivity contribution is 5.81. The molecular formula is C21H32F3NO2. The van der Waals surface area contributed by atoms with Gasteiger partial charge in [-0.15, -0.1) is 0 Å². The fourth-order valence-corrected chi connectivity index (χ4v) is 6.17. The molecule has 3 aliphatic rings. The molecule has 3 saturated carbocycles. The molecule has 3 rings (SSSR count). The van der Waals surface area contributed by atoms with Crippen LogP contribution in [-0.2, 0) is 4.79 Å². The van der Waals surface area contributed by atoms with Crippen LogP contribution in [0.25, 0.3) is 0 Å². The molecule has 0 aromatic carbocycles. The van der Waals surface area contributed by atoms with Crippen molar-refractivity contribution in [2.45, 2.75) is 77.4 Å². The van der Waals surface area contributed by atoms with E-state index in [0.717, 1.165) is 32.1 Å². The zero-order valence-electron chi connectivity index (χ0n) is 16.4. The van der Waals surface area contributed by atoms with Crippen molar-refractivity contribution in [2.75, 3.05) is 6.61 Å². The maximum atomic E-state index is 12.5. The van der Waals surface area contributed by atoms with E-state index in [4.69, 9.17) is 0 Å². The lowest BCUT2D eigenvalue weighted by molar-refractivity contribution is -0.175. The summed E-state index contributed by atoms with van der Waals surface area (Å²) < 4.78 is 37.6. The van der Waals surface area contributed by atoms with Crippen LogP contribution >= 0.6 is 0 Å². The zero-order chi connectivity index (χ0) is 20.0. The quantitative estimate of drug-likeness (QED) is 0.695. The number of amides is 1. The number of carbonyl (C=O) groups is 1. The normalized spacial score (nSPS) is 42.7. The Bertz CT molecular complexity index is 605. The highest BCUT2D eigenvalue weighted by Gasteiger charge is 2.52. The number of hydrogen-bond donors (Lipinski definition) is 2. The molecule has 0 aromatic rings. The second-order valence-electron chi connectivity index (χ2n) is 9.56. The van der Waals surface area contributed by atoms with Gasteiger partial charge >= 0.3 is 12.1 Å². The lowest BCUT2D eigenvalue weighted by Gasteiger charge is -2.53. The summed E-state index contributed by atoms with van der Waals surface area (Å²) in [6.45, 7) is 8.77. The van der Waals surface area contributed by atoms with Crippen molar-refractivity contribution in [3.63, 3.8) is 0 Å². The van der Waals surface area contributed by atoms with Gasteiger partial charge < -0.3 is 10.4 Å². The first-order chi connectivity index (χ1) is 12.5. The Balaban J connectivity index is 1.68. The van der Waals surface area contributed by atoms with Crippen LogP contribution < -0.4 is 5.32 Å². The minimum absolute atomic E-state index is 0.0416. The number of aliphatic hydroxyl groups is 1. The molecule has 0 aliphatic heterocycles. The molecule has 3 fully saturated rings. The first-order valence-corrected chi connectivity index (χ1v) is 10.2. The van der Waals surface area contributed by atoms with Crippen molar-refractivity contribution < 1.29 is 23.1 Å². The molecule has 0 saturated heterocycles. The number of rotatable bonds is 3. The lowest BCUT2D eigenvalue weighted by Crippen LogP contribution is -2.52. The number of allylic oxidation sites excluding steroid dienone is 1. The van der Waals surface area contributed by atoms with Crippen molar-refractivity contribution >= 4 is 5.91 Å². The number of alkyl halides is 3. The van der Waals surface area contributed by atoms with E-state index in [2.05, 4.69) is 25.7 Å². The van der Waals surface area contributed by atoms with Crippen molar-refractivity contribution in [3.05, 3.63) is 12.2 Å². The van der Waals surface area contributed by atoms with E-state index in [9.17, 15) is 23.1 Å². The molecular weight excluding hydrogens is 355 g/mol. The van der Waals surface area contributed by atoms with Crippen LogP contribution in [0.1, 0.15) is 65.2 Å². The van der Waals surface area contributed by atoms with Crippen molar-refractivity contribution in [2.24, 2.45) is 28.6 Å². The van der Waals surface area contributed by atoms with Gasteiger partial charge in [0.1, 0.15) is 0 Å². The standard InChI is InChI=1S/C21H32F3NO2/c1-13-4-5-14-10-15(6-8-19(13,14)2)20(3)9-7-17(11-16(20)12-26)25-18(27)21(22,23)24/h14-17,26H,1,4-12H2,2-3H3,(H,25,27). The molecule has 0 spiro atoms. The molecule has 1 amide bonds. The highest BCUT2D eigenvalue weighted by atomic mass is 19.4. The third-order valence-corrected chi connectivity index (χ3v) is 8.36. The maximum absolute atomic E-state index is 12.5. The Labute approximate surface area is 159 Å². The Morgan fingerprint density at radius 1 is 1.19 bits per heavy atom. The summed E-state index contributed by atoms with van der Waals surface area (Å²) >= 11 is 0. The summed E-state index contributed by atoms with van der Waals surface area (Å²) in [5.41, 5.74) is 1.52. The van der Waals surface area contributed by atoms with Gasteiger partial charge in [0.25, 0.3) is 0 Å². The SMILES string of the molecule is C=C1CCC2CC(C3(C)CCC(NC(=O)C(F)(F)F)CC3CO)CCC12C. The van der Waals surface area contributed by atoms with Crippen molar-refractivity contribution in [1.29, 1.82) is 0 Å². The zero-order valence-corrected chi connectivity index (χ0v) is 16.4. The average Bonchev–Trinajstić information content (AvgIpc) is 2.90. The smallest absolute Gasteiger partial charge is 0.396 e. The van der Waals surface area contributed by atoms with E-state index in [0.29, 0.717) is 24.7 Å². The van der Waals surface area contributed by atoms with Crippen LogP contribution in [0.2, 0.25) is 0 Å². The fourth-order valence-electron chi connectivity index (χ4n) is 6.17. The molecule has 0 aromatic heterocycles. The lowest BCUT2D eigenvalue weighted by atomic mass is 9.53. The molecule has 3 aliphatic carbocycles. The second-order valence-corrected chi connectivity index (χ2v) is 9.56.